The Morgan fingerprint density at radius 2 is 1.97 bits per heavy atom. The van der Waals surface area contributed by atoms with Crippen LogP contribution >= 0.6 is 11.6 Å². The van der Waals surface area contributed by atoms with Crippen molar-refractivity contribution in [1.82, 2.24) is 4.90 Å². The zero-order valence-electron chi connectivity index (χ0n) is 17.6. The van der Waals surface area contributed by atoms with E-state index in [9.17, 15) is 9.59 Å². The number of para-hydroxylation sites is 2. The van der Waals surface area contributed by atoms with E-state index in [1.807, 2.05) is 37.3 Å². The number of nitrogens with one attached hydrogen (secondary N) is 1. The van der Waals surface area contributed by atoms with Gasteiger partial charge in [-0.15, -0.1) is 0 Å². The minimum Gasteiger partial charge on any atom is -0.495 e. The van der Waals surface area contributed by atoms with Gasteiger partial charge in [-0.1, -0.05) is 23.7 Å². The van der Waals surface area contributed by atoms with Crippen molar-refractivity contribution in [2.45, 2.75) is 26.3 Å². The molecule has 31 heavy (non-hydrogen) atoms. The molecule has 0 spiro atoms. The largest absolute Gasteiger partial charge is 0.495 e. The minimum atomic E-state index is -0.365. The lowest BCUT2D eigenvalue weighted by molar-refractivity contribution is -0.121. The summed E-state index contributed by atoms with van der Waals surface area (Å²) in [5, 5.41) is 4.49. The monoisotopic (exact) mass is 440 g/mol. The van der Waals surface area contributed by atoms with Gasteiger partial charge in [-0.3, -0.25) is 9.69 Å². The smallest absolute Gasteiger partial charge is 0.336 e. The number of methoxy groups -OCH3 is 1. The summed E-state index contributed by atoms with van der Waals surface area (Å²) in [5.41, 5.74) is 2.64. The third kappa shape index (κ3) is 4.75. The van der Waals surface area contributed by atoms with Gasteiger partial charge in [-0.25, -0.2) is 4.79 Å². The maximum absolute atomic E-state index is 12.7. The molecule has 162 valence electrons. The van der Waals surface area contributed by atoms with Crippen LogP contribution in [-0.2, 0) is 11.3 Å². The molecule has 1 aliphatic heterocycles. The van der Waals surface area contributed by atoms with Crippen LogP contribution in [0.2, 0.25) is 5.02 Å². The van der Waals surface area contributed by atoms with Crippen molar-refractivity contribution in [2.75, 3.05) is 25.5 Å². The van der Waals surface area contributed by atoms with Gasteiger partial charge in [0.15, 0.2) is 0 Å². The Kier molecular flexibility index (Phi) is 6.30. The number of hydrogen-bond donors (Lipinski definition) is 1. The molecule has 2 heterocycles. The van der Waals surface area contributed by atoms with Crippen molar-refractivity contribution in [3.05, 3.63) is 69.0 Å². The standard InChI is InChI=1S/C24H25ClN2O4/c1-15-11-22-18(13-19(15)25)17(12-23(28)31-22)14-27-9-7-16(8-10-27)24(29)26-20-5-3-4-6-21(20)30-2/h3-6,11-13,16H,7-10,14H2,1-2H3,(H,26,29). The van der Waals surface area contributed by atoms with Crippen molar-refractivity contribution in [2.24, 2.45) is 5.92 Å². The van der Waals surface area contributed by atoms with E-state index in [1.165, 1.54) is 6.07 Å². The van der Waals surface area contributed by atoms with Crippen LogP contribution in [-0.4, -0.2) is 31.0 Å². The number of carbonyl (C=O) groups is 1. The number of benzene rings is 2. The van der Waals surface area contributed by atoms with Gasteiger partial charge in [0.25, 0.3) is 0 Å². The van der Waals surface area contributed by atoms with Crippen molar-refractivity contribution < 1.29 is 13.9 Å². The molecule has 0 saturated carbocycles. The maximum atomic E-state index is 12.7. The average molecular weight is 441 g/mol. The lowest BCUT2D eigenvalue weighted by atomic mass is 9.95. The number of halogens is 1. The molecule has 2 aromatic carbocycles. The Hall–Kier alpha value is -2.83. The summed E-state index contributed by atoms with van der Waals surface area (Å²) in [6.45, 7) is 4.04. The number of fused-ring (bicyclic) bond motifs is 1. The van der Waals surface area contributed by atoms with Gasteiger partial charge >= 0.3 is 5.63 Å². The number of nitrogens with zero attached hydrogens (tertiary/aromatic N) is 1. The molecule has 6 nitrogen and oxygen atoms in total. The number of amides is 1. The summed E-state index contributed by atoms with van der Waals surface area (Å²) < 4.78 is 10.7. The fourth-order valence-corrected chi connectivity index (χ4v) is 4.22. The van der Waals surface area contributed by atoms with Gasteiger partial charge in [0.2, 0.25) is 5.91 Å². The Balaban J connectivity index is 1.42. The molecule has 3 aromatic rings. The van der Waals surface area contributed by atoms with E-state index in [2.05, 4.69) is 10.2 Å². The van der Waals surface area contributed by atoms with Crippen LogP contribution in [0.1, 0.15) is 24.0 Å². The molecule has 0 aliphatic carbocycles. The molecule has 1 fully saturated rings. The molecule has 1 aliphatic rings. The molecule has 7 heteroatoms. The summed E-state index contributed by atoms with van der Waals surface area (Å²) in [5.74, 6) is 0.602. The molecule has 1 saturated heterocycles. The van der Waals surface area contributed by atoms with E-state index >= 15 is 0 Å². The van der Waals surface area contributed by atoms with E-state index < -0.39 is 0 Å². The minimum absolute atomic E-state index is 0.0113. The number of aryl methyl sites for hydroxylation is 1. The first kappa shape index (κ1) is 21.4. The Bertz CT molecular complexity index is 1170. The molecule has 0 unspecified atom stereocenters. The van der Waals surface area contributed by atoms with Gasteiger partial charge in [-0.05, 0) is 68.2 Å². The number of rotatable bonds is 5. The summed E-state index contributed by atoms with van der Waals surface area (Å²) in [4.78, 5) is 27.0. The maximum Gasteiger partial charge on any atom is 0.336 e. The van der Waals surface area contributed by atoms with E-state index in [1.54, 1.807) is 13.2 Å². The van der Waals surface area contributed by atoms with Gasteiger partial charge in [0, 0.05) is 28.9 Å². The van der Waals surface area contributed by atoms with E-state index in [0.29, 0.717) is 28.6 Å². The topological polar surface area (TPSA) is 71.8 Å². The highest BCUT2D eigenvalue weighted by Crippen LogP contribution is 2.28. The third-order valence-electron chi connectivity index (χ3n) is 5.83. The molecule has 0 atom stereocenters. The first-order chi connectivity index (χ1) is 14.9. The number of carbonyl (C=O) groups excluding carboxylic acids is 1. The quantitative estimate of drug-likeness (QED) is 0.586. The van der Waals surface area contributed by atoms with E-state index in [-0.39, 0.29) is 17.5 Å². The predicted octanol–water partition coefficient (Wildman–Crippen LogP) is 4.61. The normalized spacial score (nSPS) is 15.2. The average Bonchev–Trinajstić information content (AvgIpc) is 2.76. The molecule has 1 aromatic heterocycles. The first-order valence-electron chi connectivity index (χ1n) is 10.3. The highest BCUT2D eigenvalue weighted by atomic mass is 35.5. The SMILES string of the molecule is COc1ccccc1NC(=O)C1CCN(Cc2cc(=O)oc3cc(C)c(Cl)cc23)CC1. The second-order valence-corrected chi connectivity index (χ2v) is 8.34. The molecule has 4 rings (SSSR count). The fourth-order valence-electron chi connectivity index (χ4n) is 4.06. The number of ether oxygens (including phenoxy) is 1. The number of hydrogen-bond acceptors (Lipinski definition) is 5. The summed E-state index contributed by atoms with van der Waals surface area (Å²) in [6, 6.07) is 12.6. The van der Waals surface area contributed by atoms with Crippen molar-refractivity contribution >= 4 is 34.2 Å². The molecular formula is C24H25ClN2O4. The highest BCUT2D eigenvalue weighted by Gasteiger charge is 2.26. The number of anilines is 1. The summed E-state index contributed by atoms with van der Waals surface area (Å²) in [7, 11) is 1.59. The lowest BCUT2D eigenvalue weighted by Crippen LogP contribution is -2.38. The summed E-state index contributed by atoms with van der Waals surface area (Å²) >= 11 is 6.30. The fraction of sp³-hybridized carbons (Fsp3) is 0.333. The zero-order chi connectivity index (χ0) is 22.0. The van der Waals surface area contributed by atoms with E-state index in [4.69, 9.17) is 20.8 Å². The van der Waals surface area contributed by atoms with Gasteiger partial charge in [-0.2, -0.15) is 0 Å². The van der Waals surface area contributed by atoms with Crippen LogP contribution in [0.4, 0.5) is 5.69 Å². The van der Waals surface area contributed by atoms with Crippen molar-refractivity contribution in [3.63, 3.8) is 0 Å². The second-order valence-electron chi connectivity index (χ2n) is 7.93. The van der Waals surface area contributed by atoms with Crippen molar-refractivity contribution in [1.29, 1.82) is 0 Å². The van der Waals surface area contributed by atoms with E-state index in [0.717, 1.165) is 42.4 Å². The number of likely N-dealkylation sites (tertiary alicyclic amines) is 1. The molecular weight excluding hydrogens is 416 g/mol. The second kappa shape index (κ2) is 9.12. The van der Waals surface area contributed by atoms with Crippen LogP contribution in [0, 0.1) is 12.8 Å². The highest BCUT2D eigenvalue weighted by molar-refractivity contribution is 6.32. The Morgan fingerprint density at radius 1 is 1.23 bits per heavy atom. The third-order valence-corrected chi connectivity index (χ3v) is 6.23. The van der Waals surface area contributed by atoms with Gasteiger partial charge in [0.1, 0.15) is 11.3 Å². The molecule has 0 bridgehead atoms. The Labute approximate surface area is 185 Å². The molecule has 0 radical (unpaired) electrons. The number of piperidine rings is 1. The molecule has 1 N–H and O–H groups in total. The first-order valence-corrected chi connectivity index (χ1v) is 10.7. The van der Waals surface area contributed by atoms with Crippen LogP contribution in [0.15, 0.2) is 51.7 Å². The van der Waals surface area contributed by atoms with Crippen LogP contribution < -0.4 is 15.7 Å². The van der Waals surface area contributed by atoms with Crippen LogP contribution in [0.25, 0.3) is 11.0 Å². The van der Waals surface area contributed by atoms with Gasteiger partial charge < -0.3 is 14.5 Å². The summed E-state index contributed by atoms with van der Waals surface area (Å²) in [6.07, 6.45) is 1.50. The van der Waals surface area contributed by atoms with Crippen molar-refractivity contribution in [3.8, 4) is 5.75 Å². The van der Waals surface area contributed by atoms with Crippen LogP contribution in [0.3, 0.4) is 0 Å². The zero-order valence-corrected chi connectivity index (χ0v) is 18.4. The molecule has 1 amide bonds. The predicted molar refractivity (Wildman–Crippen MR) is 122 cm³/mol. The van der Waals surface area contributed by atoms with Gasteiger partial charge in [0.05, 0.1) is 12.8 Å². The Morgan fingerprint density at radius 3 is 2.71 bits per heavy atom. The van der Waals surface area contributed by atoms with Crippen LogP contribution in [0.5, 0.6) is 5.75 Å². The lowest BCUT2D eigenvalue weighted by Gasteiger charge is -2.31.